The number of ether oxygens (including phenoxy) is 1. The van der Waals surface area contributed by atoms with Gasteiger partial charge in [-0.05, 0) is 43.3 Å². The van der Waals surface area contributed by atoms with Gasteiger partial charge in [0.05, 0.1) is 11.1 Å². The van der Waals surface area contributed by atoms with Crippen LogP contribution in [0.15, 0.2) is 77.7 Å². The second kappa shape index (κ2) is 8.17. The van der Waals surface area contributed by atoms with E-state index < -0.39 is 22.4 Å². The number of aromatic nitrogens is 1. The van der Waals surface area contributed by atoms with Crippen LogP contribution in [0.4, 0.5) is 11.4 Å². The fourth-order valence-corrected chi connectivity index (χ4v) is 2.51. The third-order valence-electron chi connectivity index (χ3n) is 4.03. The number of hydrogen-bond acceptors (Lipinski definition) is 5. The molecule has 0 aliphatic carbocycles. The average Bonchev–Trinajstić information content (AvgIpc) is 2.70. The van der Waals surface area contributed by atoms with Gasteiger partial charge in [-0.3, -0.25) is 24.3 Å². The van der Waals surface area contributed by atoms with E-state index >= 15 is 0 Å². The van der Waals surface area contributed by atoms with Crippen LogP contribution in [0.3, 0.4) is 0 Å². The number of benzene rings is 2. The normalized spacial score (nSPS) is 11.5. The molecule has 1 aromatic heterocycles. The highest BCUT2D eigenvalue weighted by Crippen LogP contribution is 2.23. The third kappa shape index (κ3) is 4.42. The zero-order valence-electron chi connectivity index (χ0n) is 14.9. The fraction of sp³-hybridized carbons (Fsp3) is 0.100. The van der Waals surface area contributed by atoms with Crippen LogP contribution in [0.5, 0.6) is 11.5 Å². The van der Waals surface area contributed by atoms with Crippen molar-refractivity contribution in [2.24, 2.45) is 0 Å². The summed E-state index contributed by atoms with van der Waals surface area (Å²) in [6.07, 6.45) is 1.06. The van der Waals surface area contributed by atoms with Crippen molar-refractivity contribution in [3.63, 3.8) is 0 Å². The maximum absolute atomic E-state index is 12.5. The number of amides is 1. The largest absolute Gasteiger partial charge is 0.457 e. The predicted molar refractivity (Wildman–Crippen MR) is 104 cm³/mol. The monoisotopic (exact) mass is 379 g/mol. The molecule has 8 nitrogen and oxygen atoms in total. The smallest absolute Gasteiger partial charge is 0.285 e. The maximum atomic E-state index is 12.5. The van der Waals surface area contributed by atoms with Crippen LogP contribution >= 0.6 is 0 Å². The van der Waals surface area contributed by atoms with Gasteiger partial charge in [0.1, 0.15) is 17.5 Å². The Morgan fingerprint density at radius 1 is 1.04 bits per heavy atom. The molecule has 2 aromatic carbocycles. The Morgan fingerprint density at radius 3 is 2.32 bits per heavy atom. The van der Waals surface area contributed by atoms with E-state index in [9.17, 15) is 19.7 Å². The lowest BCUT2D eigenvalue weighted by atomic mass is 10.2. The van der Waals surface area contributed by atoms with Gasteiger partial charge in [-0.25, -0.2) is 0 Å². The molecule has 0 aliphatic heterocycles. The van der Waals surface area contributed by atoms with Crippen LogP contribution in [-0.4, -0.2) is 15.4 Å². The Balaban J connectivity index is 1.70. The summed E-state index contributed by atoms with van der Waals surface area (Å²) in [6, 6.07) is 17.3. The van der Waals surface area contributed by atoms with Crippen molar-refractivity contribution in [1.82, 2.24) is 4.57 Å². The number of rotatable bonds is 6. The molecule has 1 amide bonds. The number of carbonyl (C=O) groups excluding carboxylic acids is 1. The molecule has 1 unspecified atom stereocenters. The Bertz CT molecular complexity index is 1050. The van der Waals surface area contributed by atoms with E-state index in [0.717, 1.165) is 22.9 Å². The molecule has 8 heteroatoms. The number of nitrogens with zero attached hydrogens (tertiary/aromatic N) is 2. The maximum Gasteiger partial charge on any atom is 0.285 e. The molecule has 0 radical (unpaired) electrons. The number of pyridine rings is 1. The molecule has 0 aliphatic rings. The van der Waals surface area contributed by atoms with Crippen molar-refractivity contribution in [2.75, 3.05) is 5.32 Å². The minimum atomic E-state index is -0.923. The highest BCUT2D eigenvalue weighted by molar-refractivity contribution is 5.93. The van der Waals surface area contributed by atoms with Crippen LogP contribution in [0.25, 0.3) is 0 Å². The van der Waals surface area contributed by atoms with Crippen LogP contribution in [-0.2, 0) is 4.79 Å². The van der Waals surface area contributed by atoms with Crippen molar-refractivity contribution in [2.45, 2.75) is 13.0 Å². The first-order chi connectivity index (χ1) is 13.4. The highest BCUT2D eigenvalue weighted by atomic mass is 16.6. The minimum Gasteiger partial charge on any atom is -0.457 e. The van der Waals surface area contributed by atoms with Crippen molar-refractivity contribution in [3.05, 3.63) is 93.4 Å². The van der Waals surface area contributed by atoms with Gasteiger partial charge in [0, 0.05) is 17.8 Å². The van der Waals surface area contributed by atoms with E-state index in [2.05, 4.69) is 5.32 Å². The van der Waals surface area contributed by atoms with Crippen LogP contribution < -0.4 is 15.6 Å². The molecule has 3 rings (SSSR count). The number of nitrogens with one attached hydrogen (secondary N) is 1. The van der Waals surface area contributed by atoms with E-state index in [1.165, 1.54) is 6.92 Å². The van der Waals surface area contributed by atoms with Gasteiger partial charge in [-0.2, -0.15) is 0 Å². The number of carbonyl (C=O) groups is 1. The summed E-state index contributed by atoms with van der Waals surface area (Å²) >= 11 is 0. The second-order valence-corrected chi connectivity index (χ2v) is 5.99. The molecular formula is C20H17N3O5. The molecule has 0 fully saturated rings. The van der Waals surface area contributed by atoms with Crippen LogP contribution in [0, 0.1) is 10.1 Å². The average molecular weight is 379 g/mol. The zero-order chi connectivity index (χ0) is 20.1. The summed E-state index contributed by atoms with van der Waals surface area (Å²) in [5.74, 6) is 0.824. The standard InChI is InChI=1S/C20H17N3O5/c1-14(22-13-16(23(26)27)9-12-19(22)24)20(25)21-15-7-10-18(11-8-15)28-17-5-3-2-4-6-17/h2-14H,1H3,(H,21,25). The first kappa shape index (κ1) is 18.8. The Labute approximate surface area is 160 Å². The molecule has 0 saturated carbocycles. The van der Waals surface area contributed by atoms with E-state index in [-0.39, 0.29) is 5.69 Å². The van der Waals surface area contributed by atoms with Gasteiger partial charge in [0.15, 0.2) is 0 Å². The van der Waals surface area contributed by atoms with E-state index in [1.807, 2.05) is 30.3 Å². The molecule has 1 heterocycles. The number of para-hydroxylation sites is 1. The van der Waals surface area contributed by atoms with E-state index in [0.29, 0.717) is 17.2 Å². The Hall–Kier alpha value is -3.94. The van der Waals surface area contributed by atoms with Gasteiger partial charge in [-0.15, -0.1) is 0 Å². The molecule has 1 atom stereocenters. The second-order valence-electron chi connectivity index (χ2n) is 5.99. The van der Waals surface area contributed by atoms with Crippen molar-refractivity contribution in [1.29, 1.82) is 0 Å². The summed E-state index contributed by atoms with van der Waals surface area (Å²) in [7, 11) is 0. The van der Waals surface area contributed by atoms with Crippen molar-refractivity contribution >= 4 is 17.3 Å². The summed E-state index contributed by atoms with van der Waals surface area (Å²) in [6.45, 7) is 1.49. The lowest BCUT2D eigenvalue weighted by Gasteiger charge is -2.15. The first-order valence-corrected chi connectivity index (χ1v) is 8.44. The van der Waals surface area contributed by atoms with Gasteiger partial charge in [-0.1, -0.05) is 18.2 Å². The van der Waals surface area contributed by atoms with Gasteiger partial charge >= 0.3 is 0 Å². The predicted octanol–water partition coefficient (Wildman–Crippen LogP) is 3.75. The molecular weight excluding hydrogens is 362 g/mol. The lowest BCUT2D eigenvalue weighted by molar-refractivity contribution is -0.385. The molecule has 1 N–H and O–H groups in total. The Morgan fingerprint density at radius 2 is 1.68 bits per heavy atom. The number of nitro groups is 1. The highest BCUT2D eigenvalue weighted by Gasteiger charge is 2.19. The van der Waals surface area contributed by atoms with Crippen molar-refractivity contribution < 1.29 is 14.5 Å². The summed E-state index contributed by atoms with van der Waals surface area (Å²) < 4.78 is 6.71. The number of anilines is 1. The third-order valence-corrected chi connectivity index (χ3v) is 4.03. The Kier molecular flexibility index (Phi) is 5.50. The lowest BCUT2D eigenvalue weighted by Crippen LogP contribution is -2.31. The molecule has 0 spiro atoms. The summed E-state index contributed by atoms with van der Waals surface area (Å²) in [5, 5.41) is 13.6. The van der Waals surface area contributed by atoms with Crippen LogP contribution in [0.2, 0.25) is 0 Å². The quantitative estimate of drug-likeness (QED) is 0.519. The SMILES string of the molecule is CC(C(=O)Nc1ccc(Oc2ccccc2)cc1)n1cc([N+](=O)[O-])ccc1=O. The molecule has 142 valence electrons. The molecule has 3 aromatic rings. The summed E-state index contributed by atoms with van der Waals surface area (Å²) in [5.41, 5.74) is -0.253. The molecule has 28 heavy (non-hydrogen) atoms. The van der Waals surface area contributed by atoms with E-state index in [1.54, 1.807) is 24.3 Å². The van der Waals surface area contributed by atoms with E-state index in [4.69, 9.17) is 4.74 Å². The zero-order valence-corrected chi connectivity index (χ0v) is 14.9. The van der Waals surface area contributed by atoms with Gasteiger partial charge in [0.25, 0.3) is 11.2 Å². The summed E-state index contributed by atoms with van der Waals surface area (Å²) in [4.78, 5) is 34.7. The topological polar surface area (TPSA) is 103 Å². The molecule has 0 bridgehead atoms. The number of hydrogen-bond donors (Lipinski definition) is 1. The van der Waals surface area contributed by atoms with Gasteiger partial charge < -0.3 is 10.1 Å². The fourth-order valence-electron chi connectivity index (χ4n) is 2.51. The minimum absolute atomic E-state index is 0.262. The van der Waals surface area contributed by atoms with Crippen LogP contribution in [0.1, 0.15) is 13.0 Å². The van der Waals surface area contributed by atoms with Gasteiger partial charge in [0.2, 0.25) is 5.91 Å². The first-order valence-electron chi connectivity index (χ1n) is 8.44. The molecule has 0 saturated heterocycles. The van der Waals surface area contributed by atoms with Crippen molar-refractivity contribution in [3.8, 4) is 11.5 Å².